The van der Waals surface area contributed by atoms with Crippen molar-refractivity contribution in [2.45, 2.75) is 6.54 Å². The van der Waals surface area contributed by atoms with Crippen molar-refractivity contribution in [2.75, 3.05) is 12.4 Å². The first-order valence-corrected chi connectivity index (χ1v) is 7.20. The minimum absolute atomic E-state index is 0.0816. The Bertz CT molecular complexity index is 965. The first kappa shape index (κ1) is 15.5. The van der Waals surface area contributed by atoms with Gasteiger partial charge in [0.1, 0.15) is 6.54 Å². The van der Waals surface area contributed by atoms with E-state index in [0.29, 0.717) is 22.5 Å². The van der Waals surface area contributed by atoms with Crippen molar-refractivity contribution in [3.05, 3.63) is 59.0 Å². The molecule has 7 nitrogen and oxygen atoms in total. The molecule has 0 radical (unpaired) electrons. The molecule has 0 saturated carbocycles. The van der Waals surface area contributed by atoms with Crippen LogP contribution < -0.4 is 15.6 Å². The van der Waals surface area contributed by atoms with E-state index in [1.54, 1.807) is 30.3 Å². The number of rotatable bonds is 4. The number of benzene rings is 2. The fourth-order valence-electron chi connectivity index (χ4n) is 2.39. The summed E-state index contributed by atoms with van der Waals surface area (Å²) in [5.41, 5.74) is 1.26. The smallest absolute Gasteiger partial charge is 0.269 e. The van der Waals surface area contributed by atoms with E-state index >= 15 is 0 Å². The molecule has 3 aromatic rings. The number of aromatic nitrogens is 2. The standard InChI is InChI=1S/C17H15N3O4/c1-24-15-7-6-11(8-14(15)21)19-16(22)10-20-13-5-3-2-4-12(13)18-9-17(20)23/h2-9,21H,10H2,1H3,(H,19,22). The van der Waals surface area contributed by atoms with E-state index in [1.165, 1.54) is 23.9 Å². The zero-order valence-electron chi connectivity index (χ0n) is 12.9. The highest BCUT2D eigenvalue weighted by Gasteiger charge is 2.10. The number of anilines is 1. The van der Waals surface area contributed by atoms with E-state index in [2.05, 4.69) is 10.3 Å². The van der Waals surface area contributed by atoms with E-state index in [1.807, 2.05) is 6.07 Å². The largest absolute Gasteiger partial charge is 0.504 e. The minimum Gasteiger partial charge on any atom is -0.504 e. The van der Waals surface area contributed by atoms with Gasteiger partial charge in [-0.1, -0.05) is 12.1 Å². The number of methoxy groups -OCH3 is 1. The number of carbonyl (C=O) groups excluding carboxylic acids is 1. The molecule has 2 aromatic carbocycles. The van der Waals surface area contributed by atoms with E-state index in [-0.39, 0.29) is 17.9 Å². The van der Waals surface area contributed by atoms with Gasteiger partial charge >= 0.3 is 0 Å². The van der Waals surface area contributed by atoms with E-state index in [0.717, 1.165) is 0 Å². The molecule has 0 atom stereocenters. The molecule has 0 aliphatic heterocycles. The first-order valence-electron chi connectivity index (χ1n) is 7.20. The Labute approximate surface area is 137 Å². The summed E-state index contributed by atoms with van der Waals surface area (Å²) in [6.07, 6.45) is 1.19. The second-order valence-electron chi connectivity index (χ2n) is 5.11. The van der Waals surface area contributed by atoms with Gasteiger partial charge in [0.25, 0.3) is 5.56 Å². The van der Waals surface area contributed by atoms with Gasteiger partial charge in [-0.15, -0.1) is 0 Å². The molecule has 0 aliphatic rings. The third kappa shape index (κ3) is 3.05. The van der Waals surface area contributed by atoms with Crippen LogP contribution in [0.4, 0.5) is 5.69 Å². The van der Waals surface area contributed by atoms with Crippen LogP contribution in [0.25, 0.3) is 11.0 Å². The molecule has 0 aliphatic carbocycles. The maximum absolute atomic E-state index is 12.2. The lowest BCUT2D eigenvalue weighted by atomic mass is 10.2. The summed E-state index contributed by atoms with van der Waals surface area (Å²) in [6.45, 7) is -0.158. The number of nitrogens with zero attached hydrogens (tertiary/aromatic N) is 2. The molecular formula is C17H15N3O4. The van der Waals surface area contributed by atoms with Crippen molar-refractivity contribution >= 4 is 22.6 Å². The molecule has 0 bridgehead atoms. The van der Waals surface area contributed by atoms with Crippen LogP contribution in [0, 0.1) is 0 Å². The number of hydrogen-bond acceptors (Lipinski definition) is 5. The Morgan fingerprint density at radius 1 is 1.29 bits per heavy atom. The molecule has 1 aromatic heterocycles. The van der Waals surface area contributed by atoms with Crippen LogP contribution in [0.5, 0.6) is 11.5 Å². The van der Waals surface area contributed by atoms with Gasteiger partial charge in [-0.2, -0.15) is 0 Å². The van der Waals surface area contributed by atoms with Crippen LogP contribution in [0.15, 0.2) is 53.5 Å². The summed E-state index contributed by atoms with van der Waals surface area (Å²) >= 11 is 0. The highest BCUT2D eigenvalue weighted by molar-refractivity contribution is 5.91. The van der Waals surface area contributed by atoms with Gasteiger partial charge in [0.15, 0.2) is 11.5 Å². The monoisotopic (exact) mass is 325 g/mol. The minimum atomic E-state index is -0.391. The van der Waals surface area contributed by atoms with Gasteiger partial charge in [-0.25, -0.2) is 4.98 Å². The zero-order valence-corrected chi connectivity index (χ0v) is 12.9. The molecule has 0 spiro atoms. The molecule has 0 fully saturated rings. The molecule has 3 rings (SSSR count). The number of ether oxygens (including phenoxy) is 1. The number of aromatic hydroxyl groups is 1. The second-order valence-corrected chi connectivity index (χ2v) is 5.11. The molecule has 122 valence electrons. The molecule has 24 heavy (non-hydrogen) atoms. The topological polar surface area (TPSA) is 93.5 Å². The summed E-state index contributed by atoms with van der Waals surface area (Å²) in [5, 5.41) is 12.4. The number of amides is 1. The van der Waals surface area contributed by atoms with Crippen molar-refractivity contribution in [1.29, 1.82) is 0 Å². The summed E-state index contributed by atoms with van der Waals surface area (Å²) in [4.78, 5) is 28.3. The average Bonchev–Trinajstić information content (AvgIpc) is 2.58. The quantitative estimate of drug-likeness (QED) is 0.762. The maximum Gasteiger partial charge on any atom is 0.269 e. The summed E-state index contributed by atoms with van der Waals surface area (Å²) in [5.74, 6) is -0.163. The number of phenolic OH excluding ortho intramolecular Hbond substituents is 1. The van der Waals surface area contributed by atoms with Crippen LogP contribution in [0.2, 0.25) is 0 Å². The van der Waals surface area contributed by atoms with Crippen molar-refractivity contribution < 1.29 is 14.6 Å². The molecule has 7 heteroatoms. The van der Waals surface area contributed by atoms with Gasteiger partial charge in [0, 0.05) is 11.8 Å². The zero-order chi connectivity index (χ0) is 17.1. The average molecular weight is 325 g/mol. The lowest BCUT2D eigenvalue weighted by Gasteiger charge is -2.11. The van der Waals surface area contributed by atoms with Crippen LogP contribution >= 0.6 is 0 Å². The van der Waals surface area contributed by atoms with Crippen molar-refractivity contribution in [3.63, 3.8) is 0 Å². The molecule has 1 heterocycles. The van der Waals surface area contributed by atoms with Gasteiger partial charge in [-0.3, -0.25) is 14.2 Å². The lowest BCUT2D eigenvalue weighted by Crippen LogP contribution is -2.27. The van der Waals surface area contributed by atoms with Gasteiger partial charge in [-0.05, 0) is 24.3 Å². The van der Waals surface area contributed by atoms with E-state index < -0.39 is 5.91 Å². The van der Waals surface area contributed by atoms with E-state index in [9.17, 15) is 14.7 Å². The third-order valence-electron chi connectivity index (χ3n) is 3.52. The van der Waals surface area contributed by atoms with Crippen LogP contribution in [-0.2, 0) is 11.3 Å². The third-order valence-corrected chi connectivity index (χ3v) is 3.52. The number of phenols is 1. The second kappa shape index (κ2) is 6.41. The van der Waals surface area contributed by atoms with Crippen molar-refractivity contribution in [2.24, 2.45) is 0 Å². The fourth-order valence-corrected chi connectivity index (χ4v) is 2.39. The molecular weight excluding hydrogens is 310 g/mol. The fraction of sp³-hybridized carbons (Fsp3) is 0.118. The predicted octanol–water partition coefficient (Wildman–Crippen LogP) is 1.75. The predicted molar refractivity (Wildman–Crippen MR) is 89.3 cm³/mol. The van der Waals surface area contributed by atoms with Crippen molar-refractivity contribution in [1.82, 2.24) is 9.55 Å². The number of carbonyl (C=O) groups is 1. The van der Waals surface area contributed by atoms with E-state index in [4.69, 9.17) is 4.74 Å². The highest BCUT2D eigenvalue weighted by atomic mass is 16.5. The molecule has 1 amide bonds. The highest BCUT2D eigenvalue weighted by Crippen LogP contribution is 2.28. The van der Waals surface area contributed by atoms with Gasteiger partial charge in [0.2, 0.25) is 5.91 Å². The number of para-hydroxylation sites is 2. The maximum atomic E-state index is 12.2. The Morgan fingerprint density at radius 3 is 2.83 bits per heavy atom. The molecule has 2 N–H and O–H groups in total. The number of fused-ring (bicyclic) bond motifs is 1. The summed E-state index contributed by atoms with van der Waals surface area (Å²) in [7, 11) is 1.44. The van der Waals surface area contributed by atoms with Gasteiger partial charge < -0.3 is 15.2 Å². The lowest BCUT2D eigenvalue weighted by molar-refractivity contribution is -0.116. The Balaban J connectivity index is 1.84. The van der Waals surface area contributed by atoms with Crippen LogP contribution in [-0.4, -0.2) is 27.7 Å². The summed E-state index contributed by atoms with van der Waals surface area (Å²) < 4.78 is 6.30. The van der Waals surface area contributed by atoms with Crippen LogP contribution in [0.1, 0.15) is 0 Å². The Morgan fingerprint density at radius 2 is 2.08 bits per heavy atom. The Kier molecular flexibility index (Phi) is 4.15. The van der Waals surface area contributed by atoms with Crippen molar-refractivity contribution in [3.8, 4) is 11.5 Å². The number of hydrogen-bond donors (Lipinski definition) is 2. The Hall–Kier alpha value is -3.35. The number of nitrogens with one attached hydrogen (secondary N) is 1. The molecule has 0 unspecified atom stereocenters. The molecule has 0 saturated heterocycles. The SMILES string of the molecule is COc1ccc(NC(=O)Cn2c(=O)cnc3ccccc32)cc1O. The van der Waals surface area contributed by atoms with Crippen LogP contribution in [0.3, 0.4) is 0 Å². The van der Waals surface area contributed by atoms with Gasteiger partial charge in [0.05, 0.1) is 24.3 Å². The summed E-state index contributed by atoms with van der Waals surface area (Å²) in [6, 6.07) is 11.6. The normalized spacial score (nSPS) is 10.5. The first-order chi connectivity index (χ1) is 11.6.